The molecule has 2 nitrogen and oxygen atoms in total. The second-order valence-electron chi connectivity index (χ2n) is 4.56. The van der Waals surface area contributed by atoms with Crippen LogP contribution in [0.15, 0.2) is 18.2 Å². The van der Waals surface area contributed by atoms with Gasteiger partial charge in [-0.2, -0.15) is 0 Å². The van der Waals surface area contributed by atoms with Crippen LogP contribution >= 0.6 is 0 Å². The maximum atomic E-state index is 13.0. The zero-order valence-electron chi connectivity index (χ0n) is 8.63. The van der Waals surface area contributed by atoms with Crippen LogP contribution in [0.25, 0.3) is 0 Å². The van der Waals surface area contributed by atoms with Gasteiger partial charge in [-0.05, 0) is 30.0 Å². The van der Waals surface area contributed by atoms with Crippen molar-refractivity contribution < 1.29 is 4.39 Å². The number of hydrogen-bond acceptors (Lipinski definition) is 1. The lowest BCUT2D eigenvalue weighted by atomic mass is 10.1. The molecule has 0 saturated heterocycles. The molecular weight excluding hydrogens is 191 g/mol. The Morgan fingerprint density at radius 2 is 2.20 bits per heavy atom. The normalized spacial score (nSPS) is 28.1. The number of benzene rings is 1. The van der Waals surface area contributed by atoms with E-state index in [0.717, 1.165) is 17.7 Å². The fourth-order valence-corrected chi connectivity index (χ4v) is 2.34. The van der Waals surface area contributed by atoms with Crippen LogP contribution in [0.5, 0.6) is 0 Å². The van der Waals surface area contributed by atoms with Crippen molar-refractivity contribution in [2.45, 2.75) is 25.9 Å². The largest absolute Gasteiger partial charge is 0.349 e. The molecule has 1 aromatic rings. The minimum atomic E-state index is -0.246. The van der Waals surface area contributed by atoms with E-state index >= 15 is 0 Å². The quantitative estimate of drug-likeness (QED) is 0.747. The first-order valence-electron chi connectivity index (χ1n) is 5.31. The Kier molecular flexibility index (Phi) is 1.67. The topological polar surface area (TPSA) is 27.1 Å². The zero-order valence-corrected chi connectivity index (χ0v) is 8.63. The van der Waals surface area contributed by atoms with Gasteiger partial charge in [0.1, 0.15) is 11.7 Å². The number of fused-ring (bicyclic) bond motifs is 1. The number of hydrogen-bond donors (Lipinski definition) is 1. The van der Waals surface area contributed by atoms with Gasteiger partial charge in [0.05, 0.1) is 0 Å². The fraction of sp³-hybridized carbons (Fsp3) is 0.417. The summed E-state index contributed by atoms with van der Waals surface area (Å²) in [4.78, 5) is 2.09. The summed E-state index contributed by atoms with van der Waals surface area (Å²) in [6.07, 6.45) is 1.17. The Hall–Kier alpha value is -1.38. The fourth-order valence-electron chi connectivity index (χ4n) is 2.34. The van der Waals surface area contributed by atoms with E-state index in [1.165, 1.54) is 18.6 Å². The minimum Gasteiger partial charge on any atom is -0.349 e. The lowest BCUT2D eigenvalue weighted by molar-refractivity contribution is 0.402. The van der Waals surface area contributed by atoms with E-state index in [1.807, 2.05) is 0 Å². The first-order valence-corrected chi connectivity index (χ1v) is 5.31. The molecule has 0 radical (unpaired) electrons. The molecule has 15 heavy (non-hydrogen) atoms. The highest BCUT2D eigenvalue weighted by atomic mass is 19.1. The first-order chi connectivity index (χ1) is 7.16. The molecule has 1 aliphatic carbocycles. The zero-order chi connectivity index (χ0) is 10.6. The molecular formula is C12H13FN2. The van der Waals surface area contributed by atoms with Gasteiger partial charge < -0.3 is 4.90 Å². The molecule has 0 bridgehead atoms. The van der Waals surface area contributed by atoms with Crippen LogP contribution in [0.2, 0.25) is 0 Å². The Morgan fingerprint density at radius 3 is 2.87 bits per heavy atom. The molecule has 2 unspecified atom stereocenters. The van der Waals surface area contributed by atoms with Gasteiger partial charge in [0.2, 0.25) is 0 Å². The Labute approximate surface area is 88.2 Å². The maximum absolute atomic E-state index is 13.0. The third-order valence-electron chi connectivity index (χ3n) is 3.42. The number of nitrogens with zero attached hydrogens (tertiary/aromatic N) is 1. The SMILES string of the molecule is CC1CC1N1Cc2ccc(F)cc2C1=N. The van der Waals surface area contributed by atoms with Crippen LogP contribution in [0, 0.1) is 17.1 Å². The molecule has 1 heterocycles. The molecule has 1 aliphatic heterocycles. The molecule has 0 spiro atoms. The van der Waals surface area contributed by atoms with Gasteiger partial charge in [0.15, 0.2) is 0 Å². The summed E-state index contributed by atoms with van der Waals surface area (Å²) in [5, 5.41) is 8.00. The molecule has 1 saturated carbocycles. The van der Waals surface area contributed by atoms with Crippen molar-refractivity contribution in [1.29, 1.82) is 5.41 Å². The van der Waals surface area contributed by atoms with E-state index in [0.29, 0.717) is 17.8 Å². The highest BCUT2D eigenvalue weighted by Crippen LogP contribution is 2.39. The average molecular weight is 204 g/mol. The summed E-state index contributed by atoms with van der Waals surface area (Å²) in [7, 11) is 0. The van der Waals surface area contributed by atoms with E-state index in [9.17, 15) is 4.39 Å². The predicted molar refractivity (Wildman–Crippen MR) is 56.3 cm³/mol. The summed E-state index contributed by atoms with van der Waals surface area (Å²) < 4.78 is 13.0. The summed E-state index contributed by atoms with van der Waals surface area (Å²) in [5.41, 5.74) is 1.86. The summed E-state index contributed by atoms with van der Waals surface area (Å²) in [6, 6.07) is 5.26. The van der Waals surface area contributed by atoms with Gasteiger partial charge in [0, 0.05) is 18.2 Å². The standard InChI is InChI=1S/C12H13FN2/c1-7-4-11(7)15-6-8-2-3-9(13)5-10(8)12(15)14/h2-3,5,7,11,14H,4,6H2,1H3. The second kappa shape index (κ2) is 2.81. The van der Waals surface area contributed by atoms with Gasteiger partial charge in [-0.3, -0.25) is 5.41 Å². The van der Waals surface area contributed by atoms with E-state index in [2.05, 4.69) is 11.8 Å². The van der Waals surface area contributed by atoms with Crippen molar-refractivity contribution in [3.63, 3.8) is 0 Å². The molecule has 0 aromatic heterocycles. The molecule has 0 amide bonds. The minimum absolute atomic E-state index is 0.246. The van der Waals surface area contributed by atoms with Crippen LogP contribution in [0.4, 0.5) is 4.39 Å². The molecule has 1 fully saturated rings. The van der Waals surface area contributed by atoms with Gasteiger partial charge in [-0.25, -0.2) is 4.39 Å². The van der Waals surface area contributed by atoms with E-state index in [-0.39, 0.29) is 5.82 Å². The van der Waals surface area contributed by atoms with Crippen LogP contribution < -0.4 is 0 Å². The van der Waals surface area contributed by atoms with E-state index in [4.69, 9.17) is 5.41 Å². The van der Waals surface area contributed by atoms with Crippen LogP contribution in [-0.2, 0) is 6.54 Å². The van der Waals surface area contributed by atoms with Crippen LogP contribution in [-0.4, -0.2) is 16.8 Å². The Bertz CT molecular complexity index is 441. The highest BCUT2D eigenvalue weighted by Gasteiger charge is 2.42. The lowest BCUT2D eigenvalue weighted by Gasteiger charge is -2.17. The molecule has 3 rings (SSSR count). The number of nitrogens with one attached hydrogen (secondary N) is 1. The summed E-state index contributed by atoms with van der Waals surface area (Å²) in [5.74, 6) is 0.938. The van der Waals surface area contributed by atoms with Crippen molar-refractivity contribution in [2.75, 3.05) is 0 Å². The predicted octanol–water partition coefficient (Wildman–Crippen LogP) is 2.38. The molecule has 2 aliphatic rings. The molecule has 78 valence electrons. The van der Waals surface area contributed by atoms with Crippen molar-refractivity contribution in [3.05, 3.63) is 35.1 Å². The first kappa shape index (κ1) is 8.89. The number of halogens is 1. The summed E-state index contributed by atoms with van der Waals surface area (Å²) in [6.45, 7) is 2.98. The van der Waals surface area contributed by atoms with Crippen molar-refractivity contribution in [1.82, 2.24) is 4.90 Å². The smallest absolute Gasteiger partial charge is 0.129 e. The second-order valence-corrected chi connectivity index (χ2v) is 4.56. The highest BCUT2D eigenvalue weighted by molar-refractivity contribution is 6.00. The van der Waals surface area contributed by atoms with Crippen molar-refractivity contribution in [3.8, 4) is 0 Å². The van der Waals surface area contributed by atoms with Crippen molar-refractivity contribution >= 4 is 5.84 Å². The van der Waals surface area contributed by atoms with E-state index in [1.54, 1.807) is 6.07 Å². The molecule has 3 heteroatoms. The number of rotatable bonds is 1. The number of amidine groups is 1. The third kappa shape index (κ3) is 1.26. The van der Waals surface area contributed by atoms with Gasteiger partial charge in [0.25, 0.3) is 0 Å². The van der Waals surface area contributed by atoms with Crippen molar-refractivity contribution in [2.24, 2.45) is 5.92 Å². The average Bonchev–Trinajstić information content (AvgIpc) is 2.84. The lowest BCUT2D eigenvalue weighted by Crippen LogP contribution is -2.27. The maximum Gasteiger partial charge on any atom is 0.129 e. The third-order valence-corrected chi connectivity index (χ3v) is 3.42. The molecule has 1 aromatic carbocycles. The van der Waals surface area contributed by atoms with Gasteiger partial charge in [-0.15, -0.1) is 0 Å². The van der Waals surface area contributed by atoms with Crippen LogP contribution in [0.1, 0.15) is 24.5 Å². The summed E-state index contributed by atoms with van der Waals surface area (Å²) >= 11 is 0. The van der Waals surface area contributed by atoms with Gasteiger partial charge in [-0.1, -0.05) is 13.0 Å². The monoisotopic (exact) mass is 204 g/mol. The Balaban J connectivity index is 1.95. The molecule has 2 atom stereocenters. The Morgan fingerprint density at radius 1 is 1.47 bits per heavy atom. The van der Waals surface area contributed by atoms with E-state index < -0.39 is 0 Å². The van der Waals surface area contributed by atoms with Crippen LogP contribution in [0.3, 0.4) is 0 Å². The van der Waals surface area contributed by atoms with Gasteiger partial charge >= 0.3 is 0 Å². The molecule has 1 N–H and O–H groups in total.